The van der Waals surface area contributed by atoms with Crippen molar-refractivity contribution in [2.45, 2.75) is 32.0 Å². The van der Waals surface area contributed by atoms with Crippen LogP contribution in [0.5, 0.6) is 0 Å². The first-order chi connectivity index (χ1) is 15.8. The fraction of sp³-hybridized carbons (Fsp3) is 0.261. The highest BCUT2D eigenvalue weighted by Crippen LogP contribution is 2.18. The molecule has 0 aliphatic carbocycles. The van der Waals surface area contributed by atoms with E-state index in [-0.39, 0.29) is 17.2 Å². The van der Waals surface area contributed by atoms with Crippen LogP contribution in [0, 0.1) is 13.8 Å². The Hall–Kier alpha value is -3.17. The van der Waals surface area contributed by atoms with Crippen molar-refractivity contribution >= 4 is 34.9 Å². The Kier molecular flexibility index (Phi) is 6.80. The lowest BCUT2D eigenvalue weighted by molar-refractivity contribution is -0.118. The zero-order chi connectivity index (χ0) is 23.5. The number of carbonyl (C=O) groups excluding carboxylic acids is 1. The van der Waals surface area contributed by atoms with E-state index in [1.807, 2.05) is 45.2 Å². The van der Waals surface area contributed by atoms with E-state index in [1.165, 1.54) is 11.8 Å². The molecule has 10 heteroatoms. The van der Waals surface area contributed by atoms with Gasteiger partial charge in [0.2, 0.25) is 5.91 Å². The van der Waals surface area contributed by atoms with Crippen molar-refractivity contribution in [2.24, 2.45) is 7.05 Å². The molecule has 0 saturated heterocycles. The van der Waals surface area contributed by atoms with Gasteiger partial charge in [-0.05, 0) is 43.2 Å². The van der Waals surface area contributed by atoms with Crippen molar-refractivity contribution in [1.29, 1.82) is 0 Å². The maximum absolute atomic E-state index is 13.0. The van der Waals surface area contributed by atoms with E-state index in [4.69, 9.17) is 11.6 Å². The number of rotatable bonds is 7. The Labute approximate surface area is 200 Å². The molecule has 4 aromatic rings. The Balaban J connectivity index is 1.42. The molecular weight excluding hydrogens is 460 g/mol. The van der Waals surface area contributed by atoms with E-state index < -0.39 is 0 Å². The highest BCUT2D eigenvalue weighted by Gasteiger charge is 2.16. The van der Waals surface area contributed by atoms with Crippen LogP contribution in [0.1, 0.15) is 28.2 Å². The summed E-state index contributed by atoms with van der Waals surface area (Å²) in [5.74, 6) is 0.731. The number of fused-ring (bicyclic) bond motifs is 1. The lowest BCUT2D eigenvalue weighted by Gasteiger charge is -2.09. The van der Waals surface area contributed by atoms with E-state index in [1.54, 1.807) is 27.3 Å². The van der Waals surface area contributed by atoms with Crippen LogP contribution in [0.15, 0.2) is 52.5 Å². The smallest absolute Gasteiger partial charge is 0.261 e. The second-order valence-electron chi connectivity index (χ2n) is 7.74. The Morgan fingerprint density at radius 3 is 2.64 bits per heavy atom. The van der Waals surface area contributed by atoms with Crippen molar-refractivity contribution in [1.82, 2.24) is 29.5 Å². The maximum atomic E-state index is 13.0. The molecule has 0 bridgehead atoms. The van der Waals surface area contributed by atoms with Gasteiger partial charge in [-0.1, -0.05) is 41.6 Å². The summed E-state index contributed by atoms with van der Waals surface area (Å²) in [6, 6.07) is 11.1. The predicted molar refractivity (Wildman–Crippen MR) is 129 cm³/mol. The van der Waals surface area contributed by atoms with Gasteiger partial charge in [0, 0.05) is 42.5 Å². The van der Waals surface area contributed by atoms with Crippen LogP contribution >= 0.6 is 23.4 Å². The number of benzene rings is 1. The molecule has 0 saturated carbocycles. The van der Waals surface area contributed by atoms with E-state index >= 15 is 0 Å². The molecule has 170 valence electrons. The number of thioether (sulfide) groups is 1. The van der Waals surface area contributed by atoms with Crippen LogP contribution in [-0.4, -0.2) is 35.8 Å². The molecule has 0 fully saturated rings. The fourth-order valence-corrected chi connectivity index (χ4v) is 4.25. The third-order valence-electron chi connectivity index (χ3n) is 5.27. The summed E-state index contributed by atoms with van der Waals surface area (Å²) in [6.45, 7) is 4.19. The molecule has 8 nitrogen and oxygen atoms in total. The highest BCUT2D eigenvalue weighted by molar-refractivity contribution is 7.99. The Morgan fingerprint density at radius 2 is 1.88 bits per heavy atom. The number of amides is 1. The minimum absolute atomic E-state index is 0.109. The number of aromatic nitrogens is 5. The maximum Gasteiger partial charge on any atom is 0.261 e. The first-order valence-electron chi connectivity index (χ1n) is 10.3. The summed E-state index contributed by atoms with van der Waals surface area (Å²) in [4.78, 5) is 29.8. The number of nitrogens with one attached hydrogen (secondary N) is 1. The van der Waals surface area contributed by atoms with Gasteiger partial charge in [-0.2, -0.15) is 0 Å². The summed E-state index contributed by atoms with van der Waals surface area (Å²) in [6.07, 6.45) is 2.09. The molecule has 0 aliphatic heterocycles. The van der Waals surface area contributed by atoms with Gasteiger partial charge in [0.15, 0.2) is 5.16 Å². The van der Waals surface area contributed by atoms with Gasteiger partial charge in [-0.3, -0.25) is 14.0 Å². The van der Waals surface area contributed by atoms with Gasteiger partial charge in [0.05, 0.1) is 5.75 Å². The molecule has 3 aromatic heterocycles. The van der Waals surface area contributed by atoms with E-state index in [2.05, 4.69) is 20.5 Å². The largest absolute Gasteiger partial charge is 0.351 e. The molecule has 0 radical (unpaired) electrons. The highest BCUT2D eigenvalue weighted by atomic mass is 35.5. The van der Waals surface area contributed by atoms with E-state index in [0.29, 0.717) is 45.9 Å². The molecule has 1 aromatic carbocycles. The average Bonchev–Trinajstić information content (AvgIpc) is 3.14. The second kappa shape index (κ2) is 9.76. The number of nitrogens with zero attached hydrogens (tertiary/aromatic N) is 5. The minimum atomic E-state index is -0.111. The van der Waals surface area contributed by atoms with Crippen LogP contribution in [0.2, 0.25) is 5.02 Å². The number of halogens is 1. The molecule has 0 spiro atoms. The third-order valence-corrected chi connectivity index (χ3v) is 6.54. The molecular formula is C23H23ClN6O2S. The Bertz CT molecular complexity index is 1380. The topological polar surface area (TPSA) is 94.2 Å². The van der Waals surface area contributed by atoms with Crippen LogP contribution in [0.3, 0.4) is 0 Å². The molecule has 0 unspecified atom stereocenters. The van der Waals surface area contributed by atoms with Crippen molar-refractivity contribution in [2.75, 3.05) is 5.75 Å². The summed E-state index contributed by atoms with van der Waals surface area (Å²) in [7, 11) is 1.83. The third kappa shape index (κ3) is 5.26. The fourth-order valence-electron chi connectivity index (χ4n) is 3.36. The summed E-state index contributed by atoms with van der Waals surface area (Å²) >= 11 is 7.18. The lowest BCUT2D eigenvalue weighted by atomic mass is 10.1. The predicted octanol–water partition coefficient (Wildman–Crippen LogP) is 3.09. The molecule has 1 amide bonds. The molecule has 0 atom stereocenters. The first-order valence-corrected chi connectivity index (χ1v) is 11.7. The minimum Gasteiger partial charge on any atom is -0.351 e. The number of carbonyl (C=O) groups is 1. The van der Waals surface area contributed by atoms with Gasteiger partial charge >= 0.3 is 0 Å². The average molecular weight is 483 g/mol. The van der Waals surface area contributed by atoms with E-state index in [0.717, 1.165) is 11.1 Å². The van der Waals surface area contributed by atoms with Crippen molar-refractivity contribution in [3.8, 4) is 0 Å². The molecule has 33 heavy (non-hydrogen) atoms. The zero-order valence-corrected chi connectivity index (χ0v) is 20.1. The summed E-state index contributed by atoms with van der Waals surface area (Å²) < 4.78 is 3.37. The Morgan fingerprint density at radius 1 is 1.12 bits per heavy atom. The molecule has 1 N–H and O–H groups in total. The second-order valence-corrected chi connectivity index (χ2v) is 9.12. The van der Waals surface area contributed by atoms with Crippen LogP contribution in [0.4, 0.5) is 0 Å². The molecule has 4 rings (SSSR count). The van der Waals surface area contributed by atoms with Crippen molar-refractivity contribution < 1.29 is 4.79 Å². The number of hydrogen-bond acceptors (Lipinski definition) is 6. The van der Waals surface area contributed by atoms with Gasteiger partial charge < -0.3 is 9.88 Å². The van der Waals surface area contributed by atoms with Gasteiger partial charge in [-0.15, -0.1) is 10.2 Å². The quantitative estimate of drug-likeness (QED) is 0.407. The van der Waals surface area contributed by atoms with E-state index in [9.17, 15) is 9.59 Å². The SMILES string of the molecule is Cc1ccc2nc(C)c(Cc3nnc(SCC(=O)NCc4ccc(Cl)cc4)n3C)c(=O)n2c1. The van der Waals surface area contributed by atoms with Gasteiger partial charge in [-0.25, -0.2) is 4.98 Å². The van der Waals surface area contributed by atoms with Crippen LogP contribution in [-0.2, 0) is 24.8 Å². The standard InChI is InChI=1S/C23H23ClN6O2S/c1-14-4-9-19-26-15(2)18(22(32)30(19)12-14)10-20-27-28-23(29(20)3)33-13-21(31)25-11-16-5-7-17(24)8-6-16/h4-9,12H,10-11,13H2,1-3H3,(H,25,31). The lowest BCUT2D eigenvalue weighted by Crippen LogP contribution is -2.24. The zero-order valence-electron chi connectivity index (χ0n) is 18.5. The first kappa shape index (κ1) is 23.0. The van der Waals surface area contributed by atoms with Gasteiger partial charge in [0.25, 0.3) is 5.56 Å². The number of hydrogen-bond donors (Lipinski definition) is 1. The van der Waals surface area contributed by atoms with Crippen molar-refractivity contribution in [3.63, 3.8) is 0 Å². The normalized spacial score (nSPS) is 11.2. The van der Waals surface area contributed by atoms with Gasteiger partial charge in [0.1, 0.15) is 11.5 Å². The van der Waals surface area contributed by atoms with Crippen molar-refractivity contribution in [3.05, 3.63) is 86.2 Å². The summed E-state index contributed by atoms with van der Waals surface area (Å²) in [5, 5.41) is 12.6. The molecule has 3 heterocycles. The summed E-state index contributed by atoms with van der Waals surface area (Å²) in [5.41, 5.74) is 3.70. The van der Waals surface area contributed by atoms with Crippen LogP contribution < -0.4 is 10.9 Å². The monoisotopic (exact) mass is 482 g/mol. The molecule has 0 aliphatic rings. The van der Waals surface area contributed by atoms with Crippen LogP contribution in [0.25, 0.3) is 5.65 Å². The number of pyridine rings is 1. The number of aryl methyl sites for hydroxylation is 2.